The number of carbonyl (C=O) groups is 3. The molecule has 7 heteroatoms. The van der Waals surface area contributed by atoms with Crippen LogP contribution in [-0.4, -0.2) is 29.2 Å². The van der Waals surface area contributed by atoms with E-state index < -0.39 is 5.97 Å². The third kappa shape index (κ3) is 3.42. The highest BCUT2D eigenvalue weighted by molar-refractivity contribution is 6.35. The van der Waals surface area contributed by atoms with Crippen LogP contribution in [-0.2, 0) is 25.7 Å². The first-order valence-electron chi connectivity index (χ1n) is 7.92. The van der Waals surface area contributed by atoms with Crippen LogP contribution in [0.5, 0.6) is 0 Å². The number of benzene rings is 1. The minimum absolute atomic E-state index is 0.0298. The van der Waals surface area contributed by atoms with Crippen molar-refractivity contribution in [1.82, 2.24) is 4.90 Å². The molecule has 1 heterocycles. The molecule has 0 radical (unpaired) electrons. The molecule has 2 fully saturated rings. The quantitative estimate of drug-likeness (QED) is 0.603. The van der Waals surface area contributed by atoms with Gasteiger partial charge >= 0.3 is 5.97 Å². The van der Waals surface area contributed by atoms with Gasteiger partial charge in [0, 0.05) is 15.6 Å². The maximum Gasteiger partial charge on any atom is 0.326 e. The summed E-state index contributed by atoms with van der Waals surface area (Å²) in [5, 5.41) is 0.889. The fourth-order valence-corrected chi connectivity index (χ4v) is 3.82. The van der Waals surface area contributed by atoms with Crippen LogP contribution in [0, 0.1) is 11.8 Å². The van der Waals surface area contributed by atoms with Crippen molar-refractivity contribution >= 4 is 41.0 Å². The van der Waals surface area contributed by atoms with Gasteiger partial charge in [0.15, 0.2) is 0 Å². The third-order valence-corrected chi connectivity index (χ3v) is 5.21. The lowest BCUT2D eigenvalue weighted by Crippen LogP contribution is -2.36. The number of ether oxygens (including phenoxy) is 1. The van der Waals surface area contributed by atoms with Gasteiger partial charge in [0.1, 0.15) is 13.2 Å². The summed E-state index contributed by atoms with van der Waals surface area (Å²) < 4.78 is 5.15. The maximum atomic E-state index is 12.3. The van der Waals surface area contributed by atoms with Crippen LogP contribution in [0.15, 0.2) is 18.2 Å². The molecule has 2 amide bonds. The normalized spacial score (nSPS) is 23.3. The lowest BCUT2D eigenvalue weighted by Gasteiger charge is -2.19. The first-order valence-corrected chi connectivity index (χ1v) is 8.67. The fraction of sp³-hybridized carbons (Fsp3) is 0.471. The standard InChI is InChI=1S/C17H17Cl2NO4/c18-11-6-5-10(14(19)7-11)9-24-15(21)8-20-16(22)12-3-1-2-4-13(12)17(20)23/h5-7,12-13H,1-4,8-9H2/t12-,13-/m0/s1. The van der Waals surface area contributed by atoms with Crippen molar-refractivity contribution in [1.29, 1.82) is 0 Å². The van der Waals surface area contributed by atoms with Crippen LogP contribution in [0.3, 0.4) is 0 Å². The van der Waals surface area contributed by atoms with Crippen LogP contribution in [0.2, 0.25) is 10.0 Å². The highest BCUT2D eigenvalue weighted by atomic mass is 35.5. The summed E-state index contributed by atoms with van der Waals surface area (Å²) in [7, 11) is 0. The molecular formula is C17H17Cl2NO4. The van der Waals surface area contributed by atoms with Gasteiger partial charge in [-0.15, -0.1) is 0 Å². The van der Waals surface area contributed by atoms with Crippen LogP contribution in [0.25, 0.3) is 0 Å². The number of likely N-dealkylation sites (tertiary alicyclic amines) is 1. The monoisotopic (exact) mass is 369 g/mol. The fourth-order valence-electron chi connectivity index (χ4n) is 3.36. The van der Waals surface area contributed by atoms with Crippen molar-refractivity contribution in [3.05, 3.63) is 33.8 Å². The van der Waals surface area contributed by atoms with Gasteiger partial charge in [-0.05, 0) is 25.0 Å². The third-order valence-electron chi connectivity index (χ3n) is 4.62. The molecule has 24 heavy (non-hydrogen) atoms. The van der Waals surface area contributed by atoms with Gasteiger partial charge in [0.2, 0.25) is 11.8 Å². The minimum Gasteiger partial charge on any atom is -0.459 e. The van der Waals surface area contributed by atoms with E-state index in [4.69, 9.17) is 27.9 Å². The second kappa shape index (κ2) is 7.11. The van der Waals surface area contributed by atoms with Gasteiger partial charge in [-0.3, -0.25) is 19.3 Å². The molecule has 1 aliphatic heterocycles. The molecule has 0 aromatic heterocycles. The molecule has 5 nitrogen and oxygen atoms in total. The number of amides is 2. The number of nitrogens with zero attached hydrogens (tertiary/aromatic N) is 1. The molecule has 3 rings (SSSR count). The van der Waals surface area contributed by atoms with E-state index in [-0.39, 0.29) is 36.8 Å². The predicted molar refractivity (Wildman–Crippen MR) is 88.4 cm³/mol. The summed E-state index contributed by atoms with van der Waals surface area (Å²) in [5.41, 5.74) is 0.613. The lowest BCUT2D eigenvalue weighted by atomic mass is 9.81. The zero-order valence-electron chi connectivity index (χ0n) is 13.0. The Labute approximate surface area is 149 Å². The molecule has 1 saturated carbocycles. The Balaban J connectivity index is 1.58. The average molecular weight is 370 g/mol. The topological polar surface area (TPSA) is 63.7 Å². The van der Waals surface area contributed by atoms with Gasteiger partial charge in [-0.2, -0.15) is 0 Å². The van der Waals surface area contributed by atoms with E-state index in [1.54, 1.807) is 18.2 Å². The van der Waals surface area contributed by atoms with Crippen molar-refractivity contribution in [2.75, 3.05) is 6.54 Å². The molecule has 1 saturated heterocycles. The summed E-state index contributed by atoms with van der Waals surface area (Å²) in [6, 6.07) is 4.87. The van der Waals surface area contributed by atoms with Crippen molar-refractivity contribution in [3.8, 4) is 0 Å². The predicted octanol–water partition coefficient (Wildman–Crippen LogP) is 3.21. The maximum absolute atomic E-state index is 12.3. The summed E-state index contributed by atoms with van der Waals surface area (Å²) in [6.45, 7) is -0.367. The number of carbonyl (C=O) groups excluding carboxylic acids is 3. The van der Waals surface area contributed by atoms with E-state index in [0.29, 0.717) is 15.6 Å². The Morgan fingerprint density at radius 1 is 1.12 bits per heavy atom. The van der Waals surface area contributed by atoms with Crippen LogP contribution >= 0.6 is 23.2 Å². The van der Waals surface area contributed by atoms with E-state index in [1.807, 2.05) is 0 Å². The van der Waals surface area contributed by atoms with Gasteiger partial charge in [0.25, 0.3) is 0 Å². The number of fused-ring (bicyclic) bond motifs is 1. The molecule has 0 bridgehead atoms. The molecule has 1 aromatic carbocycles. The van der Waals surface area contributed by atoms with E-state index in [2.05, 4.69) is 0 Å². The Morgan fingerprint density at radius 3 is 2.33 bits per heavy atom. The first kappa shape index (κ1) is 17.2. The van der Waals surface area contributed by atoms with Gasteiger partial charge in [-0.25, -0.2) is 0 Å². The first-order chi connectivity index (χ1) is 11.5. The van der Waals surface area contributed by atoms with Crippen LogP contribution < -0.4 is 0 Å². The summed E-state index contributed by atoms with van der Waals surface area (Å²) in [6.07, 6.45) is 3.35. The number of esters is 1. The van der Waals surface area contributed by atoms with Crippen LogP contribution in [0.1, 0.15) is 31.2 Å². The number of imide groups is 1. The molecule has 0 N–H and O–H groups in total. The SMILES string of the molecule is O=C(CN1C(=O)[C@H]2CCCC[C@@H]2C1=O)OCc1ccc(Cl)cc1Cl. The summed E-state index contributed by atoms with van der Waals surface area (Å²) in [5.74, 6) is -1.63. The molecule has 1 aliphatic carbocycles. The lowest BCUT2D eigenvalue weighted by molar-refractivity contribution is -0.153. The van der Waals surface area contributed by atoms with E-state index in [1.165, 1.54) is 0 Å². The van der Waals surface area contributed by atoms with Crippen molar-refractivity contribution in [2.45, 2.75) is 32.3 Å². The smallest absolute Gasteiger partial charge is 0.326 e. The van der Waals surface area contributed by atoms with Crippen molar-refractivity contribution < 1.29 is 19.1 Å². The molecule has 2 atom stereocenters. The van der Waals surface area contributed by atoms with E-state index >= 15 is 0 Å². The Hall–Kier alpha value is -1.59. The zero-order chi connectivity index (χ0) is 17.3. The largest absolute Gasteiger partial charge is 0.459 e. The van der Waals surface area contributed by atoms with Gasteiger partial charge in [0.05, 0.1) is 11.8 Å². The van der Waals surface area contributed by atoms with Gasteiger partial charge in [-0.1, -0.05) is 42.1 Å². The average Bonchev–Trinajstić information content (AvgIpc) is 2.79. The highest BCUT2D eigenvalue weighted by Gasteiger charge is 2.48. The Morgan fingerprint density at radius 2 is 1.75 bits per heavy atom. The molecule has 2 aliphatic rings. The molecule has 0 spiro atoms. The number of rotatable bonds is 4. The second-order valence-corrected chi connectivity index (χ2v) is 7.00. The van der Waals surface area contributed by atoms with Crippen molar-refractivity contribution in [3.63, 3.8) is 0 Å². The summed E-state index contributed by atoms with van der Waals surface area (Å²) in [4.78, 5) is 37.7. The number of hydrogen-bond acceptors (Lipinski definition) is 4. The second-order valence-electron chi connectivity index (χ2n) is 6.16. The van der Waals surface area contributed by atoms with Crippen molar-refractivity contribution in [2.24, 2.45) is 11.8 Å². The number of hydrogen-bond donors (Lipinski definition) is 0. The zero-order valence-corrected chi connectivity index (χ0v) is 14.5. The van der Waals surface area contributed by atoms with Crippen LogP contribution in [0.4, 0.5) is 0 Å². The number of halogens is 2. The molecule has 0 unspecified atom stereocenters. The summed E-state index contributed by atoms with van der Waals surface area (Å²) >= 11 is 11.8. The Kier molecular flexibility index (Phi) is 5.11. The van der Waals surface area contributed by atoms with Gasteiger partial charge < -0.3 is 4.74 Å². The highest BCUT2D eigenvalue weighted by Crippen LogP contribution is 2.37. The molecule has 128 valence electrons. The van der Waals surface area contributed by atoms with E-state index in [0.717, 1.165) is 30.6 Å². The molecule has 1 aromatic rings. The van der Waals surface area contributed by atoms with E-state index in [9.17, 15) is 14.4 Å². The minimum atomic E-state index is -0.624. The Bertz CT molecular complexity index is 667. The molecular weight excluding hydrogens is 353 g/mol.